The molecule has 0 fully saturated rings. The van der Waals surface area contributed by atoms with Gasteiger partial charge in [0.2, 0.25) is 5.91 Å². The van der Waals surface area contributed by atoms with Crippen LogP contribution in [0.2, 0.25) is 0 Å². The maximum absolute atomic E-state index is 11.6. The van der Waals surface area contributed by atoms with Crippen LogP contribution < -0.4 is 5.32 Å². The first-order valence-corrected chi connectivity index (χ1v) is 6.32. The van der Waals surface area contributed by atoms with E-state index in [-0.39, 0.29) is 24.6 Å². The molecule has 0 heterocycles. The Labute approximate surface area is 116 Å². The summed E-state index contributed by atoms with van der Waals surface area (Å²) in [5, 5.41) is 21.8. The van der Waals surface area contributed by atoms with Gasteiger partial charge in [-0.3, -0.25) is 14.9 Å². The SMILES string of the molecule is O=C(Cc1cccc([N+](=O)[O-])c1)NCCCOCCO. The molecule has 110 valence electrons. The van der Waals surface area contributed by atoms with Crippen molar-refractivity contribution in [2.24, 2.45) is 0 Å². The lowest BCUT2D eigenvalue weighted by Crippen LogP contribution is -2.26. The standard InChI is InChI=1S/C13H18N2O5/c16-6-8-20-7-2-5-14-13(17)10-11-3-1-4-12(9-11)15(18)19/h1,3-4,9,16H,2,5-8,10H2,(H,14,17). The average molecular weight is 282 g/mol. The van der Waals surface area contributed by atoms with Crippen LogP contribution >= 0.6 is 0 Å². The van der Waals surface area contributed by atoms with Crippen LogP contribution in [0.4, 0.5) is 5.69 Å². The van der Waals surface area contributed by atoms with Crippen molar-refractivity contribution in [1.29, 1.82) is 0 Å². The molecule has 0 spiro atoms. The smallest absolute Gasteiger partial charge is 0.269 e. The summed E-state index contributed by atoms with van der Waals surface area (Å²) in [4.78, 5) is 21.7. The monoisotopic (exact) mass is 282 g/mol. The number of aliphatic hydroxyl groups excluding tert-OH is 1. The van der Waals surface area contributed by atoms with Gasteiger partial charge in [0.1, 0.15) is 0 Å². The van der Waals surface area contributed by atoms with Crippen molar-refractivity contribution in [1.82, 2.24) is 5.32 Å². The van der Waals surface area contributed by atoms with Gasteiger partial charge in [0, 0.05) is 25.3 Å². The highest BCUT2D eigenvalue weighted by atomic mass is 16.6. The molecule has 2 N–H and O–H groups in total. The molecule has 0 unspecified atom stereocenters. The first kappa shape index (κ1) is 16.1. The fourth-order valence-corrected chi connectivity index (χ4v) is 1.60. The summed E-state index contributed by atoms with van der Waals surface area (Å²) in [6.45, 7) is 1.22. The molecule has 0 saturated carbocycles. The van der Waals surface area contributed by atoms with Gasteiger partial charge >= 0.3 is 0 Å². The lowest BCUT2D eigenvalue weighted by atomic mass is 10.1. The maximum atomic E-state index is 11.6. The van der Waals surface area contributed by atoms with Crippen molar-refractivity contribution in [2.75, 3.05) is 26.4 Å². The second kappa shape index (κ2) is 9.00. The van der Waals surface area contributed by atoms with E-state index in [1.165, 1.54) is 12.1 Å². The third kappa shape index (κ3) is 6.26. The molecular formula is C13H18N2O5. The number of amides is 1. The Kier molecular flexibility index (Phi) is 7.23. The summed E-state index contributed by atoms with van der Waals surface area (Å²) < 4.78 is 5.05. The second-order valence-electron chi connectivity index (χ2n) is 4.14. The zero-order valence-corrected chi connectivity index (χ0v) is 11.1. The van der Waals surface area contributed by atoms with Crippen molar-refractivity contribution in [3.63, 3.8) is 0 Å². The second-order valence-corrected chi connectivity index (χ2v) is 4.14. The minimum absolute atomic E-state index is 0.0147. The van der Waals surface area contributed by atoms with Crippen molar-refractivity contribution >= 4 is 11.6 Å². The minimum atomic E-state index is -0.486. The Bertz CT molecular complexity index is 450. The number of hydrogen-bond acceptors (Lipinski definition) is 5. The summed E-state index contributed by atoms with van der Waals surface area (Å²) >= 11 is 0. The van der Waals surface area contributed by atoms with Gasteiger partial charge in [-0.2, -0.15) is 0 Å². The van der Waals surface area contributed by atoms with Crippen LogP contribution in [0.15, 0.2) is 24.3 Å². The van der Waals surface area contributed by atoms with Crippen LogP contribution in [-0.2, 0) is 16.0 Å². The summed E-state index contributed by atoms with van der Waals surface area (Å²) in [5.41, 5.74) is 0.584. The predicted octanol–water partition coefficient (Wildman–Crippen LogP) is 0.652. The quantitative estimate of drug-likeness (QED) is 0.393. The zero-order valence-electron chi connectivity index (χ0n) is 11.1. The molecule has 0 saturated heterocycles. The van der Waals surface area contributed by atoms with E-state index in [4.69, 9.17) is 9.84 Å². The summed E-state index contributed by atoms with van der Waals surface area (Å²) in [6, 6.07) is 6.02. The van der Waals surface area contributed by atoms with E-state index >= 15 is 0 Å². The van der Waals surface area contributed by atoms with Crippen LogP contribution in [0, 0.1) is 10.1 Å². The number of carbonyl (C=O) groups is 1. The Morgan fingerprint density at radius 3 is 2.90 bits per heavy atom. The molecule has 0 aliphatic heterocycles. The van der Waals surface area contributed by atoms with E-state index in [0.717, 1.165) is 0 Å². The van der Waals surface area contributed by atoms with Gasteiger partial charge in [0.25, 0.3) is 5.69 Å². The molecule has 0 aliphatic carbocycles. The van der Waals surface area contributed by atoms with E-state index in [2.05, 4.69) is 5.32 Å². The van der Waals surface area contributed by atoms with Crippen LogP contribution in [0.5, 0.6) is 0 Å². The van der Waals surface area contributed by atoms with Crippen LogP contribution in [0.25, 0.3) is 0 Å². The first-order chi connectivity index (χ1) is 9.63. The summed E-state index contributed by atoms with van der Waals surface area (Å²) in [6.07, 6.45) is 0.764. The number of nitrogens with zero attached hydrogens (tertiary/aromatic N) is 1. The van der Waals surface area contributed by atoms with Crippen LogP contribution in [0.3, 0.4) is 0 Å². The molecule has 0 aliphatic rings. The number of ether oxygens (including phenoxy) is 1. The van der Waals surface area contributed by atoms with Crippen molar-refractivity contribution in [3.05, 3.63) is 39.9 Å². The number of aliphatic hydroxyl groups is 1. The highest BCUT2D eigenvalue weighted by Gasteiger charge is 2.08. The minimum Gasteiger partial charge on any atom is -0.394 e. The number of nitro benzene ring substituents is 1. The Morgan fingerprint density at radius 2 is 2.20 bits per heavy atom. The number of nitrogens with one attached hydrogen (secondary N) is 1. The predicted molar refractivity (Wildman–Crippen MR) is 72.3 cm³/mol. The van der Waals surface area contributed by atoms with Gasteiger partial charge in [-0.1, -0.05) is 12.1 Å². The summed E-state index contributed by atoms with van der Waals surface area (Å²) in [5.74, 6) is -0.187. The van der Waals surface area contributed by atoms with Gasteiger partial charge in [-0.15, -0.1) is 0 Å². The Hall–Kier alpha value is -1.99. The maximum Gasteiger partial charge on any atom is 0.269 e. The largest absolute Gasteiger partial charge is 0.394 e. The van der Waals surface area contributed by atoms with Crippen molar-refractivity contribution in [3.8, 4) is 0 Å². The molecule has 7 nitrogen and oxygen atoms in total. The van der Waals surface area contributed by atoms with E-state index in [1.807, 2.05) is 0 Å². The van der Waals surface area contributed by atoms with Gasteiger partial charge in [0.15, 0.2) is 0 Å². The normalized spacial score (nSPS) is 10.2. The fraction of sp³-hybridized carbons (Fsp3) is 0.462. The van der Waals surface area contributed by atoms with E-state index in [0.29, 0.717) is 31.7 Å². The van der Waals surface area contributed by atoms with E-state index < -0.39 is 4.92 Å². The Balaban J connectivity index is 2.28. The average Bonchev–Trinajstić information content (AvgIpc) is 2.43. The van der Waals surface area contributed by atoms with Gasteiger partial charge in [-0.05, 0) is 12.0 Å². The molecular weight excluding hydrogens is 264 g/mol. The molecule has 7 heteroatoms. The number of hydrogen-bond donors (Lipinski definition) is 2. The molecule has 0 aromatic heterocycles. The van der Waals surface area contributed by atoms with Gasteiger partial charge < -0.3 is 15.2 Å². The number of rotatable bonds is 9. The highest BCUT2D eigenvalue weighted by Crippen LogP contribution is 2.13. The van der Waals surface area contributed by atoms with Crippen LogP contribution in [-0.4, -0.2) is 42.3 Å². The third-order valence-electron chi connectivity index (χ3n) is 2.51. The van der Waals surface area contributed by atoms with Crippen LogP contribution in [0.1, 0.15) is 12.0 Å². The highest BCUT2D eigenvalue weighted by molar-refractivity contribution is 5.78. The number of carbonyl (C=O) groups excluding carboxylic acids is 1. The molecule has 0 radical (unpaired) electrons. The molecule has 1 rings (SSSR count). The summed E-state index contributed by atoms with van der Waals surface area (Å²) in [7, 11) is 0. The zero-order chi connectivity index (χ0) is 14.8. The van der Waals surface area contributed by atoms with Crippen molar-refractivity contribution < 1.29 is 19.6 Å². The van der Waals surface area contributed by atoms with E-state index in [9.17, 15) is 14.9 Å². The Morgan fingerprint density at radius 1 is 1.40 bits per heavy atom. The molecule has 20 heavy (non-hydrogen) atoms. The first-order valence-electron chi connectivity index (χ1n) is 6.32. The third-order valence-corrected chi connectivity index (χ3v) is 2.51. The lowest BCUT2D eigenvalue weighted by molar-refractivity contribution is -0.384. The van der Waals surface area contributed by atoms with Crippen molar-refractivity contribution in [2.45, 2.75) is 12.8 Å². The number of benzene rings is 1. The van der Waals surface area contributed by atoms with Gasteiger partial charge in [-0.25, -0.2) is 0 Å². The molecule has 1 aromatic rings. The molecule has 0 atom stereocenters. The fourth-order valence-electron chi connectivity index (χ4n) is 1.60. The number of non-ortho nitro benzene ring substituents is 1. The molecule has 1 aromatic carbocycles. The van der Waals surface area contributed by atoms with Gasteiger partial charge in [0.05, 0.1) is 24.6 Å². The topological polar surface area (TPSA) is 102 Å². The van der Waals surface area contributed by atoms with E-state index in [1.54, 1.807) is 12.1 Å². The lowest BCUT2D eigenvalue weighted by Gasteiger charge is -2.05. The number of nitro groups is 1. The molecule has 0 bridgehead atoms. The molecule has 1 amide bonds.